The number of halogens is 4. The van der Waals surface area contributed by atoms with E-state index in [9.17, 15) is 9.18 Å². The molecule has 0 radical (unpaired) electrons. The number of urea groups is 1. The number of hydrogen-bond acceptors (Lipinski definition) is 2. The number of anilines is 1. The third-order valence-electron chi connectivity index (χ3n) is 3.56. The van der Waals surface area contributed by atoms with Gasteiger partial charge in [-0.15, -0.1) is 0 Å². The molecule has 2 aromatic rings. The number of aryl methyl sites for hydroxylation is 1. The van der Waals surface area contributed by atoms with Crippen molar-refractivity contribution in [1.82, 2.24) is 5.32 Å². The Morgan fingerprint density at radius 1 is 1.19 bits per heavy atom. The molecule has 0 fully saturated rings. The molecule has 26 heavy (non-hydrogen) atoms. The topological polar surface area (TPSA) is 50.4 Å². The number of alkyl halides is 3. The molecule has 4 nitrogen and oxygen atoms in total. The quantitative estimate of drug-likeness (QED) is 0.605. The fourth-order valence-electron chi connectivity index (χ4n) is 2.24. The van der Waals surface area contributed by atoms with Crippen molar-refractivity contribution in [1.29, 1.82) is 0 Å². The van der Waals surface area contributed by atoms with Crippen molar-refractivity contribution in [3.8, 4) is 5.75 Å². The van der Waals surface area contributed by atoms with Gasteiger partial charge in [0.1, 0.15) is 17.6 Å². The largest absolute Gasteiger partial charge is 0.494 e. The minimum Gasteiger partial charge on any atom is -0.494 e. The molecule has 0 aliphatic carbocycles. The Bertz CT molecular complexity index is 764. The molecule has 0 bridgehead atoms. The average molecular weight is 420 g/mol. The summed E-state index contributed by atoms with van der Waals surface area (Å²) < 4.78 is 17.3. The Hall–Kier alpha value is -1.69. The van der Waals surface area contributed by atoms with Gasteiger partial charge in [-0.25, -0.2) is 9.18 Å². The van der Waals surface area contributed by atoms with Crippen molar-refractivity contribution in [2.24, 2.45) is 0 Å². The van der Waals surface area contributed by atoms with E-state index in [1.165, 1.54) is 6.07 Å². The Balaban J connectivity index is 2.12. The van der Waals surface area contributed by atoms with Gasteiger partial charge >= 0.3 is 6.03 Å². The molecule has 2 N–H and O–H groups in total. The fourth-order valence-corrected chi connectivity index (χ4v) is 2.78. The Kier molecular flexibility index (Phi) is 6.98. The lowest BCUT2D eigenvalue weighted by atomic mass is 10.1. The summed E-state index contributed by atoms with van der Waals surface area (Å²) in [6.07, 6.45) is 0. The normalized spacial score (nSPS) is 12.4. The van der Waals surface area contributed by atoms with Crippen LogP contribution in [0.15, 0.2) is 42.5 Å². The van der Waals surface area contributed by atoms with E-state index in [1.807, 2.05) is 6.92 Å². The first-order valence-electron chi connectivity index (χ1n) is 7.84. The van der Waals surface area contributed by atoms with Crippen LogP contribution in [0.4, 0.5) is 14.9 Å². The monoisotopic (exact) mass is 418 g/mol. The zero-order chi connectivity index (χ0) is 19.3. The van der Waals surface area contributed by atoms with Gasteiger partial charge in [-0.1, -0.05) is 46.9 Å². The highest BCUT2D eigenvalue weighted by Gasteiger charge is 2.35. The smallest absolute Gasteiger partial charge is 0.319 e. The summed E-state index contributed by atoms with van der Waals surface area (Å²) in [5, 5.41) is 5.20. The maximum Gasteiger partial charge on any atom is 0.319 e. The van der Waals surface area contributed by atoms with E-state index in [2.05, 4.69) is 10.6 Å². The first-order chi connectivity index (χ1) is 12.2. The van der Waals surface area contributed by atoms with Gasteiger partial charge in [-0.3, -0.25) is 0 Å². The summed E-state index contributed by atoms with van der Waals surface area (Å²) in [5.74, 6) is 0.239. The predicted molar refractivity (Wildman–Crippen MR) is 104 cm³/mol. The van der Waals surface area contributed by atoms with Crippen LogP contribution >= 0.6 is 34.8 Å². The zero-order valence-corrected chi connectivity index (χ0v) is 16.4. The number of carbonyl (C=O) groups is 1. The van der Waals surface area contributed by atoms with E-state index in [0.29, 0.717) is 29.2 Å². The lowest BCUT2D eigenvalue weighted by Crippen LogP contribution is -2.39. The Morgan fingerprint density at radius 3 is 2.38 bits per heavy atom. The molecule has 1 atom stereocenters. The number of carbonyl (C=O) groups excluding carboxylic acids is 1. The SMILES string of the molecule is CCOc1ccc(NC(=O)N[C@@H](c2ccc(C)c(F)c2)C(Cl)(Cl)Cl)cc1. The molecule has 0 aromatic heterocycles. The average Bonchev–Trinajstić information content (AvgIpc) is 2.56. The van der Waals surface area contributed by atoms with Crippen LogP contribution in [-0.2, 0) is 0 Å². The lowest BCUT2D eigenvalue weighted by Gasteiger charge is -2.26. The van der Waals surface area contributed by atoms with Crippen molar-refractivity contribution in [3.63, 3.8) is 0 Å². The number of rotatable bonds is 5. The molecule has 0 unspecified atom stereocenters. The van der Waals surface area contributed by atoms with Crippen LogP contribution in [0, 0.1) is 12.7 Å². The maximum atomic E-state index is 13.8. The third-order valence-corrected chi connectivity index (χ3v) is 4.21. The first kappa shape index (κ1) is 20.6. The summed E-state index contributed by atoms with van der Waals surface area (Å²) >= 11 is 17.9. The van der Waals surface area contributed by atoms with E-state index in [4.69, 9.17) is 39.5 Å². The van der Waals surface area contributed by atoms with Gasteiger partial charge in [-0.05, 0) is 55.3 Å². The maximum absolute atomic E-state index is 13.8. The van der Waals surface area contributed by atoms with Crippen LogP contribution in [0.2, 0.25) is 0 Å². The number of hydrogen-bond donors (Lipinski definition) is 2. The van der Waals surface area contributed by atoms with Gasteiger partial charge in [0.15, 0.2) is 0 Å². The molecule has 140 valence electrons. The van der Waals surface area contributed by atoms with Crippen molar-refractivity contribution < 1.29 is 13.9 Å². The number of nitrogens with one attached hydrogen (secondary N) is 2. The molecule has 8 heteroatoms. The van der Waals surface area contributed by atoms with Gasteiger partial charge in [-0.2, -0.15) is 0 Å². The van der Waals surface area contributed by atoms with Crippen molar-refractivity contribution in [2.75, 3.05) is 11.9 Å². The molecular weight excluding hydrogens is 402 g/mol. The van der Waals surface area contributed by atoms with E-state index in [0.717, 1.165) is 0 Å². The van der Waals surface area contributed by atoms with Crippen molar-refractivity contribution in [3.05, 3.63) is 59.4 Å². The minimum atomic E-state index is -1.86. The predicted octanol–water partition coefficient (Wildman–Crippen LogP) is 5.77. The van der Waals surface area contributed by atoms with Crippen molar-refractivity contribution >= 4 is 46.5 Å². The van der Waals surface area contributed by atoms with Crippen LogP contribution in [-0.4, -0.2) is 16.4 Å². The van der Waals surface area contributed by atoms with Crippen LogP contribution in [0.1, 0.15) is 24.1 Å². The molecule has 0 aliphatic heterocycles. The summed E-state index contributed by atoms with van der Waals surface area (Å²) in [5.41, 5.74) is 1.33. The molecule has 0 aliphatic rings. The molecule has 2 amide bonds. The number of benzene rings is 2. The highest BCUT2D eigenvalue weighted by molar-refractivity contribution is 6.68. The van der Waals surface area contributed by atoms with Gasteiger partial charge in [0, 0.05) is 5.69 Å². The molecule has 0 saturated heterocycles. The second-order valence-corrected chi connectivity index (χ2v) is 7.91. The highest BCUT2D eigenvalue weighted by atomic mass is 35.6. The van der Waals surface area contributed by atoms with Crippen LogP contribution < -0.4 is 15.4 Å². The molecule has 2 aromatic carbocycles. The van der Waals surface area contributed by atoms with Gasteiger partial charge in [0.25, 0.3) is 0 Å². The molecular formula is C18H18Cl3FN2O2. The summed E-state index contributed by atoms with van der Waals surface area (Å²) in [4.78, 5) is 12.3. The lowest BCUT2D eigenvalue weighted by molar-refractivity contribution is 0.248. The molecule has 2 rings (SSSR count). The minimum absolute atomic E-state index is 0.343. The second kappa shape index (κ2) is 8.80. The first-order valence-corrected chi connectivity index (χ1v) is 8.97. The van der Waals surface area contributed by atoms with E-state index in [1.54, 1.807) is 43.3 Å². The van der Waals surface area contributed by atoms with Gasteiger partial charge in [0.2, 0.25) is 3.79 Å². The van der Waals surface area contributed by atoms with E-state index < -0.39 is 21.7 Å². The van der Waals surface area contributed by atoms with Crippen LogP contribution in [0.25, 0.3) is 0 Å². The highest BCUT2D eigenvalue weighted by Crippen LogP contribution is 2.40. The van der Waals surface area contributed by atoms with E-state index >= 15 is 0 Å². The summed E-state index contributed by atoms with van der Waals surface area (Å²) in [6, 6.07) is 9.57. The fraction of sp³-hybridized carbons (Fsp3) is 0.278. The third kappa shape index (κ3) is 5.66. The molecule has 0 heterocycles. The molecule has 0 saturated carbocycles. The zero-order valence-electron chi connectivity index (χ0n) is 14.2. The summed E-state index contributed by atoms with van der Waals surface area (Å²) in [7, 11) is 0. The Labute approximate surface area is 166 Å². The van der Waals surface area contributed by atoms with Crippen LogP contribution in [0.5, 0.6) is 5.75 Å². The Morgan fingerprint density at radius 2 is 1.85 bits per heavy atom. The standard InChI is InChI=1S/C18H18Cl3FN2O2/c1-3-26-14-8-6-13(7-9-14)23-17(25)24-16(18(19,20)21)12-5-4-11(2)15(22)10-12/h4-10,16H,3H2,1-2H3,(H2,23,24,25)/t16-/m0/s1. The second-order valence-electron chi connectivity index (χ2n) is 5.54. The van der Waals surface area contributed by atoms with Gasteiger partial charge < -0.3 is 15.4 Å². The number of ether oxygens (including phenoxy) is 1. The van der Waals surface area contributed by atoms with Gasteiger partial charge in [0.05, 0.1) is 6.61 Å². The number of amides is 2. The molecule has 0 spiro atoms. The van der Waals surface area contributed by atoms with E-state index in [-0.39, 0.29) is 0 Å². The summed E-state index contributed by atoms with van der Waals surface area (Å²) in [6.45, 7) is 4.05. The van der Waals surface area contributed by atoms with Crippen LogP contribution in [0.3, 0.4) is 0 Å². The van der Waals surface area contributed by atoms with Crippen molar-refractivity contribution in [2.45, 2.75) is 23.7 Å².